The normalized spacial score (nSPS) is 23.2. The fraction of sp³-hybridized carbons (Fsp3) is 0.522. The molecule has 33 heavy (non-hydrogen) atoms. The van der Waals surface area contributed by atoms with Gasteiger partial charge in [0.05, 0.1) is 24.3 Å². The SMILES string of the molecule is C[C@H]1COCC(=O)N1C[C@H]1CN(S(=O)(=O)c2cccs2)CCN1c1ccc(C(C)(C)O)cc1. The molecular formula is C23H31N3O5S2. The number of sulfonamides is 1. The van der Waals surface area contributed by atoms with Crippen LogP contribution in [0.5, 0.6) is 0 Å². The molecule has 2 aliphatic heterocycles. The highest BCUT2D eigenvalue weighted by Crippen LogP contribution is 2.29. The van der Waals surface area contributed by atoms with Crippen LogP contribution in [0.25, 0.3) is 0 Å². The van der Waals surface area contributed by atoms with Gasteiger partial charge < -0.3 is 19.6 Å². The molecule has 2 aliphatic rings. The van der Waals surface area contributed by atoms with Crippen molar-refractivity contribution in [3.63, 3.8) is 0 Å². The van der Waals surface area contributed by atoms with Crippen molar-refractivity contribution >= 4 is 33.0 Å². The van der Waals surface area contributed by atoms with Crippen LogP contribution in [0.1, 0.15) is 26.3 Å². The van der Waals surface area contributed by atoms with Gasteiger partial charge in [-0.3, -0.25) is 4.79 Å². The molecule has 0 aliphatic carbocycles. The van der Waals surface area contributed by atoms with Crippen molar-refractivity contribution in [2.24, 2.45) is 0 Å². The quantitative estimate of drug-likeness (QED) is 0.663. The molecule has 180 valence electrons. The minimum Gasteiger partial charge on any atom is -0.386 e. The molecule has 1 amide bonds. The van der Waals surface area contributed by atoms with E-state index in [0.717, 1.165) is 11.3 Å². The highest BCUT2D eigenvalue weighted by atomic mass is 32.2. The summed E-state index contributed by atoms with van der Waals surface area (Å²) in [5.41, 5.74) is 0.800. The third-order valence-corrected chi connectivity index (χ3v) is 9.52. The lowest BCUT2D eigenvalue weighted by Crippen LogP contribution is -2.61. The van der Waals surface area contributed by atoms with E-state index < -0.39 is 15.6 Å². The number of rotatable bonds is 6. The minimum atomic E-state index is -3.59. The molecule has 2 atom stereocenters. The van der Waals surface area contributed by atoms with Crippen LogP contribution in [0.3, 0.4) is 0 Å². The van der Waals surface area contributed by atoms with Crippen molar-refractivity contribution in [1.29, 1.82) is 0 Å². The number of aliphatic hydroxyl groups is 1. The highest BCUT2D eigenvalue weighted by molar-refractivity contribution is 7.91. The third kappa shape index (κ3) is 5.09. The van der Waals surface area contributed by atoms with Gasteiger partial charge in [0.15, 0.2) is 0 Å². The molecule has 0 saturated carbocycles. The topological polar surface area (TPSA) is 90.4 Å². The summed E-state index contributed by atoms with van der Waals surface area (Å²) in [6, 6.07) is 10.8. The van der Waals surface area contributed by atoms with Gasteiger partial charge in [-0.15, -0.1) is 11.3 Å². The van der Waals surface area contributed by atoms with Crippen molar-refractivity contribution in [2.45, 2.75) is 42.7 Å². The van der Waals surface area contributed by atoms with E-state index in [9.17, 15) is 18.3 Å². The number of carbonyl (C=O) groups is 1. The number of amides is 1. The zero-order chi connectivity index (χ0) is 23.8. The molecule has 0 spiro atoms. The second-order valence-corrected chi connectivity index (χ2v) is 12.3. The Bertz CT molecular complexity index is 1060. The van der Waals surface area contributed by atoms with Gasteiger partial charge >= 0.3 is 0 Å². The number of morpholine rings is 1. The molecule has 1 aromatic heterocycles. The molecule has 0 bridgehead atoms. The number of hydrogen-bond donors (Lipinski definition) is 1. The number of thiophene rings is 1. The lowest BCUT2D eigenvalue weighted by molar-refractivity contribution is -0.147. The first-order chi connectivity index (χ1) is 15.6. The van der Waals surface area contributed by atoms with Crippen LogP contribution in [0, 0.1) is 0 Å². The summed E-state index contributed by atoms with van der Waals surface area (Å²) in [7, 11) is -3.59. The van der Waals surface area contributed by atoms with Gasteiger partial charge in [-0.1, -0.05) is 18.2 Å². The molecule has 1 N–H and O–H groups in total. The Morgan fingerprint density at radius 3 is 2.52 bits per heavy atom. The van der Waals surface area contributed by atoms with Gasteiger partial charge in [0.1, 0.15) is 10.8 Å². The van der Waals surface area contributed by atoms with Crippen LogP contribution in [0.15, 0.2) is 46.0 Å². The highest BCUT2D eigenvalue weighted by Gasteiger charge is 2.38. The van der Waals surface area contributed by atoms with Crippen LogP contribution in [0.2, 0.25) is 0 Å². The molecule has 10 heteroatoms. The number of piperazine rings is 1. The maximum absolute atomic E-state index is 13.2. The van der Waals surface area contributed by atoms with E-state index in [1.54, 1.807) is 36.3 Å². The Morgan fingerprint density at radius 1 is 1.18 bits per heavy atom. The second kappa shape index (κ2) is 9.34. The molecule has 0 unspecified atom stereocenters. The number of hydrogen-bond acceptors (Lipinski definition) is 7. The largest absolute Gasteiger partial charge is 0.386 e. The summed E-state index contributed by atoms with van der Waals surface area (Å²) in [6.45, 7) is 7.50. The number of carbonyl (C=O) groups excluding carboxylic acids is 1. The number of nitrogens with zero attached hydrogens (tertiary/aromatic N) is 3. The fourth-order valence-electron chi connectivity index (χ4n) is 4.38. The van der Waals surface area contributed by atoms with Crippen molar-refractivity contribution in [3.8, 4) is 0 Å². The van der Waals surface area contributed by atoms with Crippen molar-refractivity contribution in [2.75, 3.05) is 44.3 Å². The first-order valence-electron chi connectivity index (χ1n) is 11.1. The van der Waals surface area contributed by atoms with Crippen molar-refractivity contribution < 1.29 is 23.1 Å². The van der Waals surface area contributed by atoms with E-state index in [1.807, 2.05) is 31.2 Å². The van der Waals surface area contributed by atoms with Crippen molar-refractivity contribution in [3.05, 3.63) is 47.3 Å². The van der Waals surface area contributed by atoms with E-state index in [2.05, 4.69) is 4.90 Å². The summed E-state index contributed by atoms with van der Waals surface area (Å²) >= 11 is 1.21. The number of ether oxygens (including phenoxy) is 1. The maximum atomic E-state index is 13.2. The Labute approximate surface area is 199 Å². The predicted molar refractivity (Wildman–Crippen MR) is 128 cm³/mol. The Hall–Kier alpha value is -1.98. The molecule has 0 radical (unpaired) electrons. The molecule has 1 aromatic carbocycles. The van der Waals surface area contributed by atoms with E-state index in [-0.39, 0.29) is 31.1 Å². The monoisotopic (exact) mass is 493 g/mol. The van der Waals surface area contributed by atoms with Gasteiger partial charge in [-0.2, -0.15) is 4.31 Å². The van der Waals surface area contributed by atoms with E-state index in [0.29, 0.717) is 30.5 Å². The maximum Gasteiger partial charge on any atom is 0.252 e. The third-order valence-electron chi connectivity index (χ3n) is 6.28. The van der Waals surface area contributed by atoms with Gasteiger partial charge in [0.2, 0.25) is 5.91 Å². The van der Waals surface area contributed by atoms with Crippen LogP contribution < -0.4 is 4.90 Å². The van der Waals surface area contributed by atoms with E-state index >= 15 is 0 Å². The smallest absolute Gasteiger partial charge is 0.252 e. The fourth-order valence-corrected chi connectivity index (χ4v) is 7.00. The minimum absolute atomic E-state index is 0.0501. The van der Waals surface area contributed by atoms with Gasteiger partial charge in [-0.25, -0.2) is 8.42 Å². The van der Waals surface area contributed by atoms with Gasteiger partial charge in [0.25, 0.3) is 10.0 Å². The van der Waals surface area contributed by atoms with Crippen LogP contribution in [-0.2, 0) is 25.2 Å². The lowest BCUT2D eigenvalue weighted by atomic mass is 9.98. The lowest BCUT2D eigenvalue weighted by Gasteiger charge is -2.45. The summed E-state index contributed by atoms with van der Waals surface area (Å²) in [6.07, 6.45) is 0. The van der Waals surface area contributed by atoms with Gasteiger partial charge in [-0.05, 0) is 49.9 Å². The first kappa shape index (κ1) is 24.2. The number of anilines is 1. The molecule has 2 fully saturated rings. The molecule has 4 rings (SSSR count). The molecular weight excluding hydrogens is 462 g/mol. The molecule has 8 nitrogen and oxygen atoms in total. The average molecular weight is 494 g/mol. The number of benzene rings is 1. The zero-order valence-electron chi connectivity index (χ0n) is 19.2. The van der Waals surface area contributed by atoms with Crippen molar-refractivity contribution in [1.82, 2.24) is 9.21 Å². The van der Waals surface area contributed by atoms with Crippen LogP contribution >= 0.6 is 11.3 Å². The predicted octanol–water partition coefficient (Wildman–Crippen LogP) is 2.10. The van der Waals surface area contributed by atoms with E-state index in [4.69, 9.17) is 4.74 Å². The zero-order valence-corrected chi connectivity index (χ0v) is 20.8. The molecule has 3 heterocycles. The standard InChI is InChI=1S/C23H31N3O5S2/c1-17-15-31-16-21(27)26(17)14-20-13-24(33(29,30)22-5-4-12-32-22)10-11-25(20)19-8-6-18(7-9-19)23(2,3)28/h4-9,12,17,20,28H,10-11,13-16H2,1-3H3/t17-,20+/m0/s1. The summed E-state index contributed by atoms with van der Waals surface area (Å²) < 4.78 is 33.6. The Kier molecular flexibility index (Phi) is 6.84. The average Bonchev–Trinajstić information content (AvgIpc) is 3.32. The Balaban J connectivity index is 1.62. The van der Waals surface area contributed by atoms with Gasteiger partial charge in [0, 0.05) is 31.9 Å². The summed E-state index contributed by atoms with van der Waals surface area (Å²) in [4.78, 5) is 16.5. The second-order valence-electron chi connectivity index (χ2n) is 9.16. The van der Waals surface area contributed by atoms with Crippen LogP contribution in [-0.4, -0.2) is 80.1 Å². The van der Waals surface area contributed by atoms with Crippen LogP contribution in [0.4, 0.5) is 5.69 Å². The molecule has 2 aromatic rings. The van der Waals surface area contributed by atoms with E-state index in [1.165, 1.54) is 15.6 Å². The summed E-state index contributed by atoms with van der Waals surface area (Å²) in [5.74, 6) is -0.0793. The molecule has 2 saturated heterocycles. The first-order valence-corrected chi connectivity index (χ1v) is 13.4. The summed E-state index contributed by atoms with van der Waals surface area (Å²) in [5, 5.41) is 12.1. The Morgan fingerprint density at radius 2 is 1.91 bits per heavy atom.